The van der Waals surface area contributed by atoms with E-state index in [1.165, 1.54) is 16.0 Å². The minimum Gasteiger partial charge on any atom is -0.490 e. The topological polar surface area (TPSA) is 163 Å². The van der Waals surface area contributed by atoms with E-state index in [4.69, 9.17) is 31.0 Å². The number of ether oxygens (including phenoxy) is 1. The summed E-state index contributed by atoms with van der Waals surface area (Å²) >= 11 is 7.93. The first-order valence-corrected chi connectivity index (χ1v) is 22.9. The van der Waals surface area contributed by atoms with Crippen molar-refractivity contribution in [2.75, 3.05) is 31.1 Å². The van der Waals surface area contributed by atoms with Gasteiger partial charge in [0, 0.05) is 60.8 Å². The van der Waals surface area contributed by atoms with Crippen LogP contribution < -0.4 is 15.0 Å². The zero-order chi connectivity index (χ0) is 43.2. The van der Waals surface area contributed by atoms with Crippen molar-refractivity contribution in [1.82, 2.24) is 40.2 Å². The van der Waals surface area contributed by atoms with Crippen molar-refractivity contribution in [1.29, 1.82) is 5.26 Å². The van der Waals surface area contributed by atoms with Crippen molar-refractivity contribution >= 4 is 40.4 Å². The van der Waals surface area contributed by atoms with Crippen molar-refractivity contribution < 1.29 is 13.9 Å². The molecule has 322 valence electrons. The van der Waals surface area contributed by atoms with Gasteiger partial charge >= 0.3 is 0 Å². The molecule has 1 N–H and O–H groups in total. The second-order valence-electron chi connectivity index (χ2n) is 17.5. The van der Waals surface area contributed by atoms with Crippen LogP contribution in [0.1, 0.15) is 105 Å². The molecule has 63 heavy (non-hydrogen) atoms. The van der Waals surface area contributed by atoms with Gasteiger partial charge in [-0.2, -0.15) is 5.26 Å². The Morgan fingerprint density at radius 2 is 1.79 bits per heavy atom. The molecule has 2 saturated heterocycles. The number of nitriles is 1. The first-order valence-electron chi connectivity index (χ1n) is 21.7. The van der Waals surface area contributed by atoms with Crippen LogP contribution in [0.15, 0.2) is 76.5 Å². The van der Waals surface area contributed by atoms with E-state index in [1.807, 2.05) is 13.0 Å². The fraction of sp³-hybridized carbons (Fsp3) is 0.404. The summed E-state index contributed by atoms with van der Waals surface area (Å²) < 4.78 is 13.9. The summed E-state index contributed by atoms with van der Waals surface area (Å²) in [5.41, 5.74) is 6.77. The Hall–Kier alpha value is -5.95. The van der Waals surface area contributed by atoms with E-state index in [9.17, 15) is 4.79 Å². The Kier molecular flexibility index (Phi) is 11.1. The molecule has 1 aliphatic carbocycles. The maximum atomic E-state index is 13.1. The number of anilines is 1. The second-order valence-corrected chi connectivity index (χ2v) is 19.1. The first kappa shape index (κ1) is 41.1. The number of aryl methyl sites for hydroxylation is 2. The van der Waals surface area contributed by atoms with E-state index in [1.54, 1.807) is 48.1 Å². The molecule has 10 rings (SSSR count). The summed E-state index contributed by atoms with van der Waals surface area (Å²) in [5.74, 6) is 3.53. The predicted molar refractivity (Wildman–Crippen MR) is 240 cm³/mol. The minimum atomic E-state index is -0.298. The molecule has 1 amide bonds. The van der Waals surface area contributed by atoms with Gasteiger partial charge in [0.15, 0.2) is 23.2 Å². The summed E-state index contributed by atoms with van der Waals surface area (Å²) in [6, 6.07) is 19.6. The number of fused-ring (bicyclic) bond motifs is 3. The quantitative estimate of drug-likeness (QED) is 0.142. The number of halogens is 1. The highest BCUT2D eigenvalue weighted by Gasteiger charge is 2.45. The third-order valence-corrected chi connectivity index (χ3v) is 14.8. The SMILES string of the molecule is Cc1sc2c(c1C)C(c1ccc(CN3CC4(CCN(c5ccc(C(=O)NC6CCC(Oc7ccc(C#N)c(Cl)c7)CC6)nn5)CC4)C3)cc1)=N[C@@H](Cc1ncco1)c1nnc(C)n1-2. The fourth-order valence-electron chi connectivity index (χ4n) is 9.66. The Morgan fingerprint density at radius 3 is 2.49 bits per heavy atom. The van der Waals surface area contributed by atoms with E-state index in [0.717, 1.165) is 111 Å². The zero-order valence-electron chi connectivity index (χ0n) is 35.6. The van der Waals surface area contributed by atoms with Crippen LogP contribution in [-0.4, -0.2) is 84.8 Å². The van der Waals surface area contributed by atoms with E-state index in [0.29, 0.717) is 39.8 Å². The lowest BCUT2D eigenvalue weighted by atomic mass is 9.72. The minimum absolute atomic E-state index is 0.0335. The van der Waals surface area contributed by atoms with Gasteiger partial charge in [0.1, 0.15) is 34.9 Å². The molecule has 4 aliphatic rings. The van der Waals surface area contributed by atoms with Crippen LogP contribution in [0.4, 0.5) is 5.82 Å². The number of carbonyl (C=O) groups is 1. The summed E-state index contributed by atoms with van der Waals surface area (Å²) in [6.45, 7) is 11.2. The number of thiophene rings is 1. The molecule has 7 heterocycles. The third kappa shape index (κ3) is 8.23. The summed E-state index contributed by atoms with van der Waals surface area (Å²) in [5, 5.41) is 31.6. The zero-order valence-corrected chi connectivity index (χ0v) is 37.1. The fourth-order valence-corrected chi connectivity index (χ4v) is 11.1. The van der Waals surface area contributed by atoms with E-state index >= 15 is 0 Å². The molecule has 0 unspecified atom stereocenters. The number of nitrogens with zero attached hydrogens (tertiary/aromatic N) is 10. The first-order chi connectivity index (χ1) is 30.6. The molecule has 2 aromatic carbocycles. The average Bonchev–Trinajstić information content (AvgIpc) is 3.99. The van der Waals surface area contributed by atoms with Gasteiger partial charge in [0.05, 0.1) is 35.0 Å². The van der Waals surface area contributed by atoms with Crippen molar-refractivity contribution in [3.8, 4) is 16.8 Å². The Bertz CT molecular complexity index is 2700. The molecule has 1 saturated carbocycles. The van der Waals surface area contributed by atoms with Gasteiger partial charge in [-0.05, 0) is 100 Å². The van der Waals surface area contributed by atoms with Crippen LogP contribution in [0.25, 0.3) is 5.00 Å². The van der Waals surface area contributed by atoms with Gasteiger partial charge in [0.2, 0.25) is 0 Å². The number of rotatable bonds is 10. The highest BCUT2D eigenvalue weighted by atomic mass is 35.5. The molecule has 16 heteroatoms. The summed E-state index contributed by atoms with van der Waals surface area (Å²) in [4.78, 5) is 29.0. The lowest BCUT2D eigenvalue weighted by Crippen LogP contribution is -2.59. The van der Waals surface area contributed by atoms with Crippen LogP contribution in [-0.2, 0) is 13.0 Å². The Balaban J connectivity index is 0.712. The molecule has 1 atom stereocenters. The Morgan fingerprint density at radius 1 is 1.00 bits per heavy atom. The van der Waals surface area contributed by atoms with Crippen molar-refractivity contribution in [2.45, 2.75) is 90.4 Å². The number of benzene rings is 2. The monoisotopic (exact) mass is 881 g/mol. The number of nitrogens with one attached hydrogen (secondary N) is 1. The molecule has 4 aromatic heterocycles. The molecule has 6 aromatic rings. The molecule has 1 spiro atoms. The maximum Gasteiger partial charge on any atom is 0.272 e. The molecular formula is C47H48ClN11O3S. The average molecular weight is 882 g/mol. The van der Waals surface area contributed by atoms with Gasteiger partial charge in [-0.3, -0.25) is 19.3 Å². The third-order valence-electron chi connectivity index (χ3n) is 13.2. The Labute approximate surface area is 375 Å². The number of oxazole rings is 1. The largest absolute Gasteiger partial charge is 0.490 e. The number of aromatic nitrogens is 6. The molecule has 3 fully saturated rings. The highest BCUT2D eigenvalue weighted by Crippen LogP contribution is 2.43. The number of piperidine rings is 1. The lowest BCUT2D eigenvalue weighted by Gasteiger charge is -2.54. The van der Waals surface area contributed by atoms with E-state index in [-0.39, 0.29) is 24.1 Å². The second kappa shape index (κ2) is 17.0. The number of carbonyl (C=O) groups excluding carboxylic acids is 1. The van der Waals surface area contributed by atoms with Crippen molar-refractivity contribution in [3.05, 3.63) is 128 Å². The van der Waals surface area contributed by atoms with Gasteiger partial charge in [-0.1, -0.05) is 35.9 Å². The van der Waals surface area contributed by atoms with E-state index in [2.05, 4.69) is 89.2 Å². The van der Waals surface area contributed by atoms with Gasteiger partial charge in [-0.15, -0.1) is 31.7 Å². The van der Waals surface area contributed by atoms with Crippen LogP contribution in [0.5, 0.6) is 5.75 Å². The van der Waals surface area contributed by atoms with Gasteiger partial charge in [0.25, 0.3) is 5.91 Å². The standard InChI is InChI=1S/C47H48ClN11O3S/c1-28-29(2)63-46-42(28)43(52-39(23-41-50-18-21-61-41)44-56-53-30(3)59(44)46)32-6-4-31(5-7-32)25-57-26-47(27-57)16-19-58(20-17-47)40-15-14-38(54-55-40)45(60)51-34-9-12-35(13-10-34)62-36-11-8-33(24-49)37(48)22-36/h4-8,11,14-15,18,21-22,34-35,39H,9-10,12-13,16-17,19-20,23,25-27H2,1-3H3,(H,51,60)/t34?,35?,39-/m0/s1. The predicted octanol–water partition coefficient (Wildman–Crippen LogP) is 7.91. The normalized spacial score (nSPS) is 20.5. The van der Waals surface area contributed by atoms with Crippen LogP contribution in [0.2, 0.25) is 5.02 Å². The summed E-state index contributed by atoms with van der Waals surface area (Å²) in [7, 11) is 0. The van der Waals surface area contributed by atoms with Crippen LogP contribution in [0.3, 0.4) is 0 Å². The molecule has 0 radical (unpaired) electrons. The highest BCUT2D eigenvalue weighted by molar-refractivity contribution is 7.15. The number of aliphatic imine (C=N–C) groups is 1. The number of likely N-dealkylation sites (tertiary alicyclic amines) is 1. The maximum absolute atomic E-state index is 13.1. The van der Waals surface area contributed by atoms with Gasteiger partial charge < -0.3 is 19.4 Å². The number of hydrogen-bond acceptors (Lipinski definition) is 13. The van der Waals surface area contributed by atoms with Crippen LogP contribution in [0, 0.1) is 37.5 Å². The lowest BCUT2D eigenvalue weighted by molar-refractivity contribution is -0.0241. The van der Waals surface area contributed by atoms with Crippen molar-refractivity contribution in [3.63, 3.8) is 0 Å². The molecular weight excluding hydrogens is 834 g/mol. The molecule has 3 aliphatic heterocycles. The smallest absolute Gasteiger partial charge is 0.272 e. The summed E-state index contributed by atoms with van der Waals surface area (Å²) in [6.07, 6.45) is 9.21. The molecule has 14 nitrogen and oxygen atoms in total. The van der Waals surface area contributed by atoms with E-state index < -0.39 is 0 Å². The van der Waals surface area contributed by atoms with Crippen LogP contribution >= 0.6 is 22.9 Å². The molecule has 0 bridgehead atoms. The number of amides is 1. The number of hydrogen-bond donors (Lipinski definition) is 1. The van der Waals surface area contributed by atoms with Gasteiger partial charge in [-0.25, -0.2) is 4.98 Å². The van der Waals surface area contributed by atoms with Crippen molar-refractivity contribution in [2.24, 2.45) is 10.4 Å².